The van der Waals surface area contributed by atoms with E-state index in [0.717, 1.165) is 19.5 Å². The summed E-state index contributed by atoms with van der Waals surface area (Å²) in [5.74, 6) is 0.240. The lowest BCUT2D eigenvalue weighted by Gasteiger charge is -2.38. The molecule has 62 valence electrons. The van der Waals surface area contributed by atoms with Gasteiger partial charge in [0.05, 0.1) is 12.0 Å². The van der Waals surface area contributed by atoms with Crippen molar-refractivity contribution in [1.82, 2.24) is 4.90 Å². The van der Waals surface area contributed by atoms with Gasteiger partial charge < -0.3 is 4.90 Å². The Morgan fingerprint density at radius 2 is 2.18 bits per heavy atom. The molecule has 0 amide bonds. The van der Waals surface area contributed by atoms with Gasteiger partial charge in [0, 0.05) is 13.1 Å². The maximum Gasteiger partial charge on any atom is 0.0669 e. The number of piperidine rings is 1. The molecule has 0 spiro atoms. The van der Waals surface area contributed by atoms with E-state index in [2.05, 4.69) is 31.9 Å². The van der Waals surface area contributed by atoms with Gasteiger partial charge in [-0.25, -0.2) is 0 Å². The summed E-state index contributed by atoms with van der Waals surface area (Å²) in [4.78, 5) is 2.25. The molecule has 0 aromatic heterocycles. The zero-order chi connectivity index (χ0) is 8.48. The lowest BCUT2D eigenvalue weighted by molar-refractivity contribution is 0.115. The summed E-state index contributed by atoms with van der Waals surface area (Å²) in [7, 11) is 2.09. The Bertz CT molecular complexity index is 178. The molecule has 1 aliphatic rings. The molecule has 11 heavy (non-hydrogen) atoms. The van der Waals surface area contributed by atoms with Crippen molar-refractivity contribution >= 4 is 0 Å². The molecule has 1 atom stereocenters. The summed E-state index contributed by atoms with van der Waals surface area (Å²) in [5.41, 5.74) is 0.327. The highest BCUT2D eigenvalue weighted by atomic mass is 15.1. The molecule has 0 aromatic carbocycles. The largest absolute Gasteiger partial charge is 0.305 e. The second kappa shape index (κ2) is 2.83. The molecular formula is C9H16N2. The van der Waals surface area contributed by atoms with Crippen molar-refractivity contribution in [2.24, 2.45) is 11.3 Å². The van der Waals surface area contributed by atoms with E-state index in [9.17, 15) is 0 Å². The first-order valence-electron chi connectivity index (χ1n) is 4.12. The van der Waals surface area contributed by atoms with Crippen molar-refractivity contribution in [3.8, 4) is 6.07 Å². The SMILES string of the molecule is CN1C[C@H](C#N)CC(C)(C)C1. The summed E-state index contributed by atoms with van der Waals surface area (Å²) in [6, 6.07) is 2.35. The van der Waals surface area contributed by atoms with Crippen molar-refractivity contribution in [2.45, 2.75) is 20.3 Å². The molecular weight excluding hydrogens is 136 g/mol. The molecule has 0 radical (unpaired) electrons. The molecule has 1 aliphatic heterocycles. The van der Waals surface area contributed by atoms with Crippen LogP contribution in [-0.4, -0.2) is 25.0 Å². The van der Waals surface area contributed by atoms with Gasteiger partial charge in [0.1, 0.15) is 0 Å². The van der Waals surface area contributed by atoms with Gasteiger partial charge in [0.15, 0.2) is 0 Å². The van der Waals surface area contributed by atoms with E-state index < -0.39 is 0 Å². The third kappa shape index (κ3) is 2.20. The van der Waals surface area contributed by atoms with E-state index in [0.29, 0.717) is 5.41 Å². The van der Waals surface area contributed by atoms with Crippen LogP contribution in [0.3, 0.4) is 0 Å². The van der Waals surface area contributed by atoms with E-state index in [1.165, 1.54) is 0 Å². The van der Waals surface area contributed by atoms with Gasteiger partial charge in [-0.15, -0.1) is 0 Å². The fourth-order valence-electron chi connectivity index (χ4n) is 2.05. The average Bonchev–Trinajstić information content (AvgIpc) is 1.83. The maximum absolute atomic E-state index is 8.76. The zero-order valence-electron chi connectivity index (χ0n) is 7.59. The van der Waals surface area contributed by atoms with E-state index >= 15 is 0 Å². The highest BCUT2D eigenvalue weighted by Gasteiger charge is 2.30. The number of hydrogen-bond acceptors (Lipinski definition) is 2. The van der Waals surface area contributed by atoms with Crippen LogP contribution in [0.25, 0.3) is 0 Å². The van der Waals surface area contributed by atoms with Crippen molar-refractivity contribution in [2.75, 3.05) is 20.1 Å². The first kappa shape index (κ1) is 8.55. The first-order valence-corrected chi connectivity index (χ1v) is 4.12. The van der Waals surface area contributed by atoms with Crippen LogP contribution < -0.4 is 0 Å². The molecule has 0 aromatic rings. The summed E-state index contributed by atoms with van der Waals surface area (Å²) in [6.07, 6.45) is 1.05. The van der Waals surface area contributed by atoms with E-state index in [-0.39, 0.29) is 5.92 Å². The van der Waals surface area contributed by atoms with Gasteiger partial charge in [-0.3, -0.25) is 0 Å². The molecule has 1 saturated heterocycles. The Morgan fingerprint density at radius 1 is 1.55 bits per heavy atom. The van der Waals surface area contributed by atoms with Crippen LogP contribution in [0.2, 0.25) is 0 Å². The Morgan fingerprint density at radius 3 is 2.64 bits per heavy atom. The van der Waals surface area contributed by atoms with E-state index in [1.54, 1.807) is 0 Å². The Kier molecular flexibility index (Phi) is 2.20. The number of nitrogens with zero attached hydrogens (tertiary/aromatic N) is 2. The van der Waals surface area contributed by atoms with Crippen LogP contribution in [-0.2, 0) is 0 Å². The van der Waals surface area contributed by atoms with E-state index in [1.807, 2.05) is 0 Å². The normalized spacial score (nSPS) is 31.3. The molecule has 1 heterocycles. The van der Waals surface area contributed by atoms with Gasteiger partial charge >= 0.3 is 0 Å². The van der Waals surface area contributed by atoms with Gasteiger partial charge in [0.2, 0.25) is 0 Å². The van der Waals surface area contributed by atoms with Crippen LogP contribution in [0.15, 0.2) is 0 Å². The molecule has 0 aliphatic carbocycles. The summed E-state index contributed by atoms with van der Waals surface area (Å²) >= 11 is 0. The maximum atomic E-state index is 8.76. The number of hydrogen-bond donors (Lipinski definition) is 0. The topological polar surface area (TPSA) is 27.0 Å². The van der Waals surface area contributed by atoms with Gasteiger partial charge in [-0.1, -0.05) is 13.8 Å². The number of nitriles is 1. The standard InChI is InChI=1S/C9H16N2/c1-9(2)4-8(5-10)6-11(3)7-9/h8H,4,6-7H2,1-3H3/t8-/m0/s1. The third-order valence-electron chi connectivity index (χ3n) is 2.21. The van der Waals surface area contributed by atoms with Crippen molar-refractivity contribution in [1.29, 1.82) is 5.26 Å². The first-order chi connectivity index (χ1) is 5.03. The summed E-state index contributed by atoms with van der Waals surface area (Å²) in [6.45, 7) is 6.52. The summed E-state index contributed by atoms with van der Waals surface area (Å²) in [5, 5.41) is 8.76. The molecule has 1 rings (SSSR count). The minimum absolute atomic E-state index is 0.240. The number of likely N-dealkylation sites (tertiary alicyclic amines) is 1. The fourth-order valence-corrected chi connectivity index (χ4v) is 2.05. The van der Waals surface area contributed by atoms with Crippen LogP contribution in [0, 0.1) is 22.7 Å². The number of rotatable bonds is 0. The fraction of sp³-hybridized carbons (Fsp3) is 0.889. The molecule has 2 heteroatoms. The molecule has 0 saturated carbocycles. The van der Waals surface area contributed by atoms with Crippen LogP contribution in [0.4, 0.5) is 0 Å². The molecule has 0 N–H and O–H groups in total. The van der Waals surface area contributed by atoms with Gasteiger partial charge in [-0.05, 0) is 18.9 Å². The zero-order valence-corrected chi connectivity index (χ0v) is 7.59. The van der Waals surface area contributed by atoms with Gasteiger partial charge in [-0.2, -0.15) is 5.26 Å². The van der Waals surface area contributed by atoms with Gasteiger partial charge in [0.25, 0.3) is 0 Å². The van der Waals surface area contributed by atoms with Crippen molar-refractivity contribution in [3.05, 3.63) is 0 Å². The lowest BCUT2D eigenvalue weighted by atomic mass is 9.79. The Balaban J connectivity index is 2.60. The second-order valence-corrected chi connectivity index (χ2v) is 4.39. The molecule has 0 bridgehead atoms. The van der Waals surface area contributed by atoms with Crippen molar-refractivity contribution < 1.29 is 0 Å². The third-order valence-corrected chi connectivity index (χ3v) is 2.21. The van der Waals surface area contributed by atoms with Crippen LogP contribution >= 0.6 is 0 Å². The monoisotopic (exact) mass is 152 g/mol. The lowest BCUT2D eigenvalue weighted by Crippen LogP contribution is -2.41. The van der Waals surface area contributed by atoms with E-state index in [4.69, 9.17) is 5.26 Å². The summed E-state index contributed by atoms with van der Waals surface area (Å²) < 4.78 is 0. The smallest absolute Gasteiger partial charge is 0.0669 e. The molecule has 2 nitrogen and oxygen atoms in total. The average molecular weight is 152 g/mol. The Hall–Kier alpha value is -0.550. The van der Waals surface area contributed by atoms with Crippen molar-refractivity contribution in [3.63, 3.8) is 0 Å². The quantitative estimate of drug-likeness (QED) is 0.526. The predicted octanol–water partition coefficient (Wildman–Crippen LogP) is 1.49. The molecule has 1 fully saturated rings. The predicted molar refractivity (Wildman–Crippen MR) is 45.0 cm³/mol. The Labute approximate surface area is 68.8 Å². The minimum atomic E-state index is 0.240. The van der Waals surface area contributed by atoms with Crippen LogP contribution in [0.1, 0.15) is 20.3 Å². The highest BCUT2D eigenvalue weighted by Crippen LogP contribution is 2.30. The highest BCUT2D eigenvalue weighted by molar-refractivity contribution is 4.93. The van der Waals surface area contributed by atoms with Crippen LogP contribution in [0.5, 0.6) is 0 Å². The second-order valence-electron chi connectivity index (χ2n) is 4.39. The minimum Gasteiger partial charge on any atom is -0.305 e. The molecule has 0 unspecified atom stereocenters.